The van der Waals surface area contributed by atoms with E-state index in [1.807, 2.05) is 33.3 Å². The molecule has 25 heavy (non-hydrogen) atoms. The van der Waals surface area contributed by atoms with Crippen molar-refractivity contribution in [2.24, 2.45) is 4.99 Å². The number of hydrogen-bond acceptors (Lipinski definition) is 4. The molecule has 0 spiro atoms. The van der Waals surface area contributed by atoms with Crippen LogP contribution in [0.4, 0.5) is 10.1 Å². The first-order valence-electron chi connectivity index (χ1n) is 8.38. The number of hydrogen-bond donors (Lipinski definition) is 2. The van der Waals surface area contributed by atoms with Gasteiger partial charge in [0.15, 0.2) is 5.96 Å². The molecule has 136 valence electrons. The van der Waals surface area contributed by atoms with Gasteiger partial charge in [0.25, 0.3) is 0 Å². The normalized spacial score (nSPS) is 11.5. The third kappa shape index (κ3) is 6.01. The first kappa shape index (κ1) is 19.2. The van der Waals surface area contributed by atoms with E-state index in [1.165, 1.54) is 4.88 Å². The van der Waals surface area contributed by atoms with Crippen LogP contribution in [-0.2, 0) is 13.0 Å². The summed E-state index contributed by atoms with van der Waals surface area (Å²) in [5.74, 6) is 0.502. The zero-order valence-corrected chi connectivity index (χ0v) is 16.1. The summed E-state index contributed by atoms with van der Waals surface area (Å²) in [4.78, 5) is 11.9. The number of aliphatic imine (C=N–C) groups is 1. The lowest BCUT2D eigenvalue weighted by Gasteiger charge is -2.14. The zero-order chi connectivity index (χ0) is 18.2. The fourth-order valence-corrected chi connectivity index (χ4v) is 3.11. The van der Waals surface area contributed by atoms with Crippen LogP contribution >= 0.6 is 11.3 Å². The standard InChI is InChI=1S/C18H26FN5S/c1-5-20-18(21-9-8-17-22-11-13(2)25-17)23-12-14-6-7-16(24(3)4)15(19)10-14/h6-7,10-11H,5,8-9,12H2,1-4H3,(H2,20,21,23). The third-order valence-corrected chi connectivity index (χ3v) is 4.53. The molecule has 0 radical (unpaired) electrons. The van der Waals surface area contributed by atoms with Crippen LogP contribution < -0.4 is 15.5 Å². The molecule has 7 heteroatoms. The number of anilines is 1. The summed E-state index contributed by atoms with van der Waals surface area (Å²) in [7, 11) is 3.65. The molecule has 1 aromatic heterocycles. The fourth-order valence-electron chi connectivity index (χ4n) is 2.33. The number of rotatable bonds is 7. The van der Waals surface area contributed by atoms with E-state index < -0.39 is 0 Å². The Kier molecular flexibility index (Phi) is 7.18. The highest BCUT2D eigenvalue weighted by Crippen LogP contribution is 2.18. The molecule has 0 saturated carbocycles. The van der Waals surface area contributed by atoms with Crippen molar-refractivity contribution in [1.29, 1.82) is 0 Å². The largest absolute Gasteiger partial charge is 0.375 e. The number of nitrogens with zero attached hydrogens (tertiary/aromatic N) is 3. The lowest BCUT2D eigenvalue weighted by molar-refractivity contribution is 0.624. The van der Waals surface area contributed by atoms with Crippen LogP contribution in [-0.4, -0.2) is 38.1 Å². The van der Waals surface area contributed by atoms with Gasteiger partial charge < -0.3 is 15.5 Å². The highest BCUT2D eigenvalue weighted by molar-refractivity contribution is 7.11. The number of thiazole rings is 1. The lowest BCUT2D eigenvalue weighted by atomic mass is 10.2. The molecule has 0 unspecified atom stereocenters. The molecule has 2 aromatic rings. The summed E-state index contributed by atoms with van der Waals surface area (Å²) >= 11 is 1.71. The van der Waals surface area contributed by atoms with E-state index in [4.69, 9.17) is 0 Å². The van der Waals surface area contributed by atoms with E-state index in [2.05, 4.69) is 27.5 Å². The Hall–Kier alpha value is -2.15. The Morgan fingerprint density at radius 2 is 2.12 bits per heavy atom. The van der Waals surface area contributed by atoms with Gasteiger partial charge in [0.2, 0.25) is 0 Å². The number of aromatic nitrogens is 1. The van der Waals surface area contributed by atoms with Gasteiger partial charge in [-0.25, -0.2) is 14.4 Å². The lowest BCUT2D eigenvalue weighted by Crippen LogP contribution is -2.38. The van der Waals surface area contributed by atoms with Crippen LogP contribution in [0.5, 0.6) is 0 Å². The van der Waals surface area contributed by atoms with Gasteiger partial charge in [-0.3, -0.25) is 0 Å². The average molecular weight is 364 g/mol. The van der Waals surface area contributed by atoms with Crippen molar-refractivity contribution in [3.8, 4) is 0 Å². The van der Waals surface area contributed by atoms with E-state index in [9.17, 15) is 4.39 Å². The quantitative estimate of drug-likeness (QED) is 0.587. The Morgan fingerprint density at radius 3 is 2.72 bits per heavy atom. The van der Waals surface area contributed by atoms with Gasteiger partial charge in [-0.05, 0) is 31.5 Å². The van der Waals surface area contributed by atoms with Crippen molar-refractivity contribution in [3.63, 3.8) is 0 Å². The second kappa shape index (κ2) is 9.36. The van der Waals surface area contributed by atoms with Crippen LogP contribution in [0.3, 0.4) is 0 Å². The predicted octanol–water partition coefficient (Wildman–Crippen LogP) is 2.95. The highest BCUT2D eigenvalue weighted by atomic mass is 32.1. The Balaban J connectivity index is 1.93. The molecular weight excluding hydrogens is 337 g/mol. The zero-order valence-electron chi connectivity index (χ0n) is 15.3. The molecule has 0 atom stereocenters. The number of aryl methyl sites for hydroxylation is 1. The Bertz CT molecular complexity index is 711. The molecular formula is C18H26FN5S. The second-order valence-electron chi connectivity index (χ2n) is 5.92. The number of nitrogens with one attached hydrogen (secondary N) is 2. The minimum absolute atomic E-state index is 0.227. The van der Waals surface area contributed by atoms with Gasteiger partial charge >= 0.3 is 0 Å². The minimum atomic E-state index is -0.227. The van der Waals surface area contributed by atoms with E-state index in [-0.39, 0.29) is 5.82 Å². The molecule has 0 fully saturated rings. The first-order chi connectivity index (χ1) is 12.0. The fraction of sp³-hybridized carbons (Fsp3) is 0.444. The van der Waals surface area contributed by atoms with Gasteiger partial charge in [0, 0.05) is 44.7 Å². The molecule has 0 aliphatic carbocycles. The van der Waals surface area contributed by atoms with Crippen molar-refractivity contribution in [1.82, 2.24) is 15.6 Å². The van der Waals surface area contributed by atoms with E-state index in [0.717, 1.165) is 36.0 Å². The number of guanidine groups is 1. The maximum Gasteiger partial charge on any atom is 0.191 e. The summed E-state index contributed by atoms with van der Waals surface area (Å²) in [6, 6.07) is 5.23. The highest BCUT2D eigenvalue weighted by Gasteiger charge is 2.06. The Labute approximate surface area is 153 Å². The molecule has 0 aliphatic heterocycles. The van der Waals surface area contributed by atoms with E-state index >= 15 is 0 Å². The predicted molar refractivity (Wildman–Crippen MR) is 104 cm³/mol. The summed E-state index contributed by atoms with van der Waals surface area (Å²) in [5, 5.41) is 7.62. The summed E-state index contributed by atoms with van der Waals surface area (Å²) in [5.41, 5.74) is 1.42. The van der Waals surface area contributed by atoms with Gasteiger partial charge in [0.1, 0.15) is 5.82 Å². The molecule has 0 saturated heterocycles. The monoisotopic (exact) mass is 363 g/mol. The van der Waals surface area contributed by atoms with Crippen LogP contribution in [0.25, 0.3) is 0 Å². The maximum atomic E-state index is 14.0. The minimum Gasteiger partial charge on any atom is -0.375 e. The summed E-state index contributed by atoms with van der Waals surface area (Å²) in [6.07, 6.45) is 2.75. The SMILES string of the molecule is CCNC(=NCc1ccc(N(C)C)c(F)c1)NCCc1ncc(C)s1. The molecule has 1 aromatic carbocycles. The summed E-state index contributed by atoms with van der Waals surface area (Å²) < 4.78 is 14.0. The maximum absolute atomic E-state index is 14.0. The van der Waals surface area contributed by atoms with Gasteiger partial charge in [-0.15, -0.1) is 11.3 Å². The molecule has 0 bridgehead atoms. The first-order valence-corrected chi connectivity index (χ1v) is 9.20. The van der Waals surface area contributed by atoms with Crippen molar-refractivity contribution in [2.75, 3.05) is 32.1 Å². The van der Waals surface area contributed by atoms with Crippen molar-refractivity contribution in [2.45, 2.75) is 26.8 Å². The molecule has 2 N–H and O–H groups in total. The van der Waals surface area contributed by atoms with Crippen LogP contribution in [0.15, 0.2) is 29.4 Å². The molecule has 0 aliphatic rings. The van der Waals surface area contributed by atoms with E-state index in [1.54, 1.807) is 28.4 Å². The second-order valence-corrected chi connectivity index (χ2v) is 7.24. The van der Waals surface area contributed by atoms with E-state index in [0.29, 0.717) is 12.2 Å². The van der Waals surface area contributed by atoms with Crippen molar-refractivity contribution < 1.29 is 4.39 Å². The van der Waals surface area contributed by atoms with Gasteiger partial charge in [-0.2, -0.15) is 0 Å². The smallest absolute Gasteiger partial charge is 0.191 e. The molecule has 2 rings (SSSR count). The van der Waals surface area contributed by atoms with Crippen molar-refractivity contribution >= 4 is 23.0 Å². The van der Waals surface area contributed by atoms with Crippen LogP contribution in [0, 0.1) is 12.7 Å². The molecule has 1 heterocycles. The van der Waals surface area contributed by atoms with Crippen LogP contribution in [0.2, 0.25) is 0 Å². The van der Waals surface area contributed by atoms with Crippen molar-refractivity contribution in [3.05, 3.63) is 45.7 Å². The number of benzene rings is 1. The number of halogens is 1. The van der Waals surface area contributed by atoms with Gasteiger partial charge in [-0.1, -0.05) is 6.07 Å². The van der Waals surface area contributed by atoms with Crippen LogP contribution in [0.1, 0.15) is 22.4 Å². The third-order valence-electron chi connectivity index (χ3n) is 3.56. The molecule has 0 amide bonds. The summed E-state index contributed by atoms with van der Waals surface area (Å²) in [6.45, 7) is 6.03. The average Bonchev–Trinajstić information content (AvgIpc) is 2.97. The Morgan fingerprint density at radius 1 is 1.32 bits per heavy atom. The van der Waals surface area contributed by atoms with Gasteiger partial charge in [0.05, 0.1) is 17.2 Å². The molecule has 5 nitrogen and oxygen atoms in total. The topological polar surface area (TPSA) is 52.6 Å².